The van der Waals surface area contributed by atoms with Crippen LogP contribution in [0.5, 0.6) is 0 Å². The predicted molar refractivity (Wildman–Crippen MR) is 78.6 cm³/mol. The second kappa shape index (κ2) is 5.98. The molecule has 2 unspecified atom stereocenters. The standard InChI is InChI=1S/C16H17FN2O4/c17-11-7-9(5-6-10(11)16(22)23)15(21)19-8-14(20)18-12-3-1-2-4-13(12)19/h5-7,12-13H,1-4,8H2,(H,18,20)(H,22,23). The van der Waals surface area contributed by atoms with Crippen LogP contribution < -0.4 is 5.32 Å². The van der Waals surface area contributed by atoms with Crippen LogP contribution in [-0.2, 0) is 4.79 Å². The highest BCUT2D eigenvalue weighted by Crippen LogP contribution is 2.27. The van der Waals surface area contributed by atoms with Gasteiger partial charge in [0.05, 0.1) is 11.6 Å². The third-order valence-corrected chi connectivity index (χ3v) is 4.50. The lowest BCUT2D eigenvalue weighted by Gasteiger charge is -2.44. The molecule has 2 atom stereocenters. The summed E-state index contributed by atoms with van der Waals surface area (Å²) in [5, 5.41) is 11.8. The molecule has 1 aliphatic heterocycles. The quantitative estimate of drug-likeness (QED) is 0.862. The van der Waals surface area contributed by atoms with Gasteiger partial charge < -0.3 is 15.3 Å². The number of nitrogens with one attached hydrogen (secondary N) is 1. The molecular weight excluding hydrogens is 303 g/mol. The summed E-state index contributed by atoms with van der Waals surface area (Å²) >= 11 is 0. The Morgan fingerprint density at radius 1 is 1.26 bits per heavy atom. The first-order chi connectivity index (χ1) is 11.0. The van der Waals surface area contributed by atoms with Gasteiger partial charge in [-0.3, -0.25) is 9.59 Å². The van der Waals surface area contributed by atoms with Crippen molar-refractivity contribution >= 4 is 17.8 Å². The van der Waals surface area contributed by atoms with Crippen LogP contribution >= 0.6 is 0 Å². The average molecular weight is 320 g/mol. The normalized spacial score (nSPS) is 23.9. The third kappa shape index (κ3) is 2.91. The van der Waals surface area contributed by atoms with Crippen molar-refractivity contribution in [2.75, 3.05) is 6.54 Å². The number of amides is 2. The van der Waals surface area contributed by atoms with Gasteiger partial charge in [0, 0.05) is 11.6 Å². The number of fused-ring (bicyclic) bond motifs is 1. The number of carbonyl (C=O) groups excluding carboxylic acids is 2. The maximum atomic E-state index is 13.8. The summed E-state index contributed by atoms with van der Waals surface area (Å²) in [6.45, 7) is -0.0533. The summed E-state index contributed by atoms with van der Waals surface area (Å²) in [7, 11) is 0. The molecule has 0 radical (unpaired) electrons. The molecule has 122 valence electrons. The number of rotatable bonds is 2. The van der Waals surface area contributed by atoms with Gasteiger partial charge in [-0.05, 0) is 31.0 Å². The second-order valence-corrected chi connectivity index (χ2v) is 5.96. The molecule has 2 aliphatic rings. The summed E-state index contributed by atoms with van der Waals surface area (Å²) in [5.41, 5.74) is -0.417. The van der Waals surface area contributed by atoms with E-state index in [0.29, 0.717) is 0 Å². The molecule has 2 amide bonds. The van der Waals surface area contributed by atoms with Crippen LogP contribution in [0.15, 0.2) is 18.2 Å². The van der Waals surface area contributed by atoms with Crippen molar-refractivity contribution < 1.29 is 23.9 Å². The Labute approximate surface area is 132 Å². The highest BCUT2D eigenvalue weighted by atomic mass is 19.1. The Morgan fingerprint density at radius 3 is 2.70 bits per heavy atom. The lowest BCUT2D eigenvalue weighted by molar-refractivity contribution is -0.127. The van der Waals surface area contributed by atoms with E-state index in [2.05, 4.69) is 5.32 Å². The highest BCUT2D eigenvalue weighted by Gasteiger charge is 2.39. The zero-order chi connectivity index (χ0) is 16.6. The number of carbonyl (C=O) groups is 3. The van der Waals surface area contributed by atoms with E-state index in [1.54, 1.807) is 0 Å². The fraction of sp³-hybridized carbons (Fsp3) is 0.438. The molecule has 1 saturated carbocycles. The minimum Gasteiger partial charge on any atom is -0.478 e. The van der Waals surface area contributed by atoms with Crippen molar-refractivity contribution in [3.63, 3.8) is 0 Å². The minimum atomic E-state index is -1.38. The second-order valence-electron chi connectivity index (χ2n) is 5.96. The fourth-order valence-electron chi connectivity index (χ4n) is 3.39. The molecule has 7 heteroatoms. The van der Waals surface area contributed by atoms with Crippen molar-refractivity contribution in [3.05, 3.63) is 35.1 Å². The number of piperazine rings is 1. The molecule has 1 aliphatic carbocycles. The summed E-state index contributed by atoms with van der Waals surface area (Å²) in [5.74, 6) is -2.99. The molecule has 1 aromatic carbocycles. The number of hydrogen-bond donors (Lipinski definition) is 2. The van der Waals surface area contributed by atoms with E-state index in [9.17, 15) is 18.8 Å². The first-order valence-corrected chi connectivity index (χ1v) is 7.60. The summed E-state index contributed by atoms with van der Waals surface area (Å²) < 4.78 is 13.8. The zero-order valence-electron chi connectivity index (χ0n) is 12.4. The molecule has 0 bridgehead atoms. The Bertz CT molecular complexity index is 676. The van der Waals surface area contributed by atoms with Gasteiger partial charge >= 0.3 is 5.97 Å². The Morgan fingerprint density at radius 2 is 2.00 bits per heavy atom. The molecule has 2 fully saturated rings. The zero-order valence-corrected chi connectivity index (χ0v) is 12.4. The van der Waals surface area contributed by atoms with E-state index >= 15 is 0 Å². The lowest BCUT2D eigenvalue weighted by atomic mass is 9.87. The molecule has 6 nitrogen and oxygen atoms in total. The number of hydrogen-bond acceptors (Lipinski definition) is 3. The van der Waals surface area contributed by atoms with Crippen molar-refractivity contribution in [1.82, 2.24) is 10.2 Å². The molecule has 1 saturated heterocycles. The number of carboxylic acids is 1. The first-order valence-electron chi connectivity index (χ1n) is 7.60. The van der Waals surface area contributed by atoms with E-state index in [0.717, 1.165) is 37.8 Å². The maximum Gasteiger partial charge on any atom is 0.338 e. The van der Waals surface area contributed by atoms with E-state index in [1.165, 1.54) is 11.0 Å². The van der Waals surface area contributed by atoms with Crippen LogP contribution in [-0.4, -0.2) is 46.4 Å². The van der Waals surface area contributed by atoms with Crippen LogP contribution in [0.4, 0.5) is 4.39 Å². The number of nitrogens with zero attached hydrogens (tertiary/aromatic N) is 1. The van der Waals surface area contributed by atoms with Gasteiger partial charge in [0.25, 0.3) is 5.91 Å². The van der Waals surface area contributed by atoms with Gasteiger partial charge in [0.15, 0.2) is 0 Å². The molecule has 3 rings (SSSR count). The van der Waals surface area contributed by atoms with Gasteiger partial charge in [-0.2, -0.15) is 0 Å². The molecular formula is C16H17FN2O4. The molecule has 2 N–H and O–H groups in total. The van der Waals surface area contributed by atoms with E-state index in [1.807, 2.05) is 0 Å². The largest absolute Gasteiger partial charge is 0.478 e. The minimum absolute atomic E-state index is 0.0533. The van der Waals surface area contributed by atoms with E-state index in [-0.39, 0.29) is 30.1 Å². The van der Waals surface area contributed by atoms with Crippen LogP contribution in [0, 0.1) is 5.82 Å². The van der Waals surface area contributed by atoms with Crippen molar-refractivity contribution in [1.29, 1.82) is 0 Å². The number of halogens is 1. The van der Waals surface area contributed by atoms with Gasteiger partial charge in [-0.15, -0.1) is 0 Å². The Kier molecular flexibility index (Phi) is 4.02. The maximum absolute atomic E-state index is 13.8. The number of aromatic carboxylic acids is 1. The topological polar surface area (TPSA) is 86.7 Å². The predicted octanol–water partition coefficient (Wildman–Crippen LogP) is 1.41. The first kappa shape index (κ1) is 15.5. The van der Waals surface area contributed by atoms with E-state index in [4.69, 9.17) is 5.11 Å². The summed E-state index contributed by atoms with van der Waals surface area (Å²) in [6, 6.07) is 3.15. The van der Waals surface area contributed by atoms with Crippen LogP contribution in [0.3, 0.4) is 0 Å². The molecule has 0 spiro atoms. The Hall–Kier alpha value is -2.44. The lowest BCUT2D eigenvalue weighted by Crippen LogP contribution is -2.62. The summed E-state index contributed by atoms with van der Waals surface area (Å²) in [6.07, 6.45) is 3.61. The highest BCUT2D eigenvalue weighted by molar-refractivity contribution is 5.98. The van der Waals surface area contributed by atoms with Gasteiger partial charge in [-0.25, -0.2) is 9.18 Å². The van der Waals surface area contributed by atoms with Gasteiger partial charge in [-0.1, -0.05) is 12.8 Å². The number of benzene rings is 1. The molecule has 1 aromatic rings. The van der Waals surface area contributed by atoms with Crippen LogP contribution in [0.25, 0.3) is 0 Å². The molecule has 1 heterocycles. The SMILES string of the molecule is O=C1CN(C(=O)c2ccc(C(=O)O)c(F)c2)C2CCCCC2N1. The average Bonchev–Trinajstić information content (AvgIpc) is 2.52. The van der Waals surface area contributed by atoms with Gasteiger partial charge in [0.2, 0.25) is 5.91 Å². The van der Waals surface area contributed by atoms with Crippen molar-refractivity contribution in [2.45, 2.75) is 37.8 Å². The smallest absolute Gasteiger partial charge is 0.338 e. The third-order valence-electron chi connectivity index (χ3n) is 4.50. The monoisotopic (exact) mass is 320 g/mol. The molecule has 0 aromatic heterocycles. The van der Waals surface area contributed by atoms with E-state index < -0.39 is 23.3 Å². The fourth-order valence-corrected chi connectivity index (χ4v) is 3.39. The number of carboxylic acid groups (broad SMARTS) is 1. The van der Waals surface area contributed by atoms with Crippen LogP contribution in [0.1, 0.15) is 46.4 Å². The Balaban J connectivity index is 1.87. The van der Waals surface area contributed by atoms with Crippen molar-refractivity contribution in [3.8, 4) is 0 Å². The summed E-state index contributed by atoms with van der Waals surface area (Å²) in [4.78, 5) is 36.8. The molecule has 23 heavy (non-hydrogen) atoms. The van der Waals surface area contributed by atoms with Crippen LogP contribution in [0.2, 0.25) is 0 Å². The van der Waals surface area contributed by atoms with Gasteiger partial charge in [0.1, 0.15) is 12.4 Å². The van der Waals surface area contributed by atoms with Crippen molar-refractivity contribution in [2.24, 2.45) is 0 Å².